The number of ether oxygens (including phenoxy) is 1. The van der Waals surface area contributed by atoms with Gasteiger partial charge in [0.2, 0.25) is 0 Å². The van der Waals surface area contributed by atoms with Crippen LogP contribution in [0, 0.1) is 5.82 Å². The van der Waals surface area contributed by atoms with Crippen molar-refractivity contribution in [2.24, 2.45) is 0 Å². The van der Waals surface area contributed by atoms with Gasteiger partial charge in [0.1, 0.15) is 11.4 Å². The van der Waals surface area contributed by atoms with E-state index in [1.807, 2.05) is 55.7 Å². The molecule has 3 nitrogen and oxygen atoms in total. The van der Waals surface area contributed by atoms with E-state index in [1.54, 1.807) is 18.2 Å². The summed E-state index contributed by atoms with van der Waals surface area (Å²) in [5, 5.41) is 1.04. The summed E-state index contributed by atoms with van der Waals surface area (Å²) >= 11 is 0. The van der Waals surface area contributed by atoms with E-state index in [0.717, 1.165) is 22.3 Å². The second kappa shape index (κ2) is 6.55. The molecular formula is C21H20FNO2. The van der Waals surface area contributed by atoms with Crippen molar-refractivity contribution in [3.05, 3.63) is 72.2 Å². The number of aromatic nitrogens is 1. The number of carbonyl (C=O) groups is 1. The van der Waals surface area contributed by atoms with Gasteiger partial charge in [-0.05, 0) is 63.2 Å². The van der Waals surface area contributed by atoms with Crippen LogP contribution in [0.1, 0.15) is 26.5 Å². The molecule has 0 saturated heterocycles. The van der Waals surface area contributed by atoms with E-state index < -0.39 is 11.6 Å². The van der Waals surface area contributed by atoms with Crippen molar-refractivity contribution in [3.8, 4) is 5.69 Å². The molecule has 0 amide bonds. The van der Waals surface area contributed by atoms with Crippen LogP contribution in [-0.4, -0.2) is 16.1 Å². The summed E-state index contributed by atoms with van der Waals surface area (Å²) < 4.78 is 20.6. The molecule has 25 heavy (non-hydrogen) atoms. The third kappa shape index (κ3) is 3.97. The van der Waals surface area contributed by atoms with Crippen molar-refractivity contribution in [1.29, 1.82) is 0 Å². The third-order valence-electron chi connectivity index (χ3n) is 3.62. The van der Waals surface area contributed by atoms with Crippen LogP contribution in [0.3, 0.4) is 0 Å². The number of benzene rings is 2. The van der Waals surface area contributed by atoms with E-state index in [4.69, 9.17) is 4.74 Å². The Kier molecular flexibility index (Phi) is 4.45. The van der Waals surface area contributed by atoms with Crippen LogP contribution in [-0.2, 0) is 9.53 Å². The van der Waals surface area contributed by atoms with Gasteiger partial charge in [-0.3, -0.25) is 0 Å². The number of hydrogen-bond donors (Lipinski definition) is 0. The van der Waals surface area contributed by atoms with Gasteiger partial charge in [0.25, 0.3) is 0 Å². The molecule has 1 heterocycles. The first-order chi connectivity index (χ1) is 11.8. The molecule has 0 N–H and O–H groups in total. The van der Waals surface area contributed by atoms with Gasteiger partial charge in [0.05, 0.1) is 5.52 Å². The minimum Gasteiger partial charge on any atom is -0.457 e. The smallest absolute Gasteiger partial charge is 0.331 e. The fourth-order valence-corrected chi connectivity index (χ4v) is 2.67. The van der Waals surface area contributed by atoms with Crippen molar-refractivity contribution in [3.63, 3.8) is 0 Å². The van der Waals surface area contributed by atoms with Crippen LogP contribution in [0.2, 0.25) is 0 Å². The number of nitrogens with zero attached hydrogens (tertiary/aromatic N) is 1. The highest BCUT2D eigenvalue weighted by Crippen LogP contribution is 2.25. The zero-order valence-electron chi connectivity index (χ0n) is 14.5. The van der Waals surface area contributed by atoms with Crippen molar-refractivity contribution < 1.29 is 13.9 Å². The zero-order chi connectivity index (χ0) is 18.0. The standard InChI is InChI=1S/C21H20FNO2/c1-21(2,3)25-20(24)13-12-18-14-15-6-4-5-7-19(15)23(18)17-10-8-16(22)9-11-17/h4-14H,1-3H3. The molecule has 3 rings (SSSR count). The Hall–Kier alpha value is -2.88. The predicted octanol–water partition coefficient (Wildman–Crippen LogP) is 5.12. The predicted molar refractivity (Wildman–Crippen MR) is 98.1 cm³/mol. The normalized spacial score (nSPS) is 12.0. The fourth-order valence-electron chi connectivity index (χ4n) is 2.67. The number of esters is 1. The van der Waals surface area contributed by atoms with E-state index in [0.29, 0.717) is 0 Å². The van der Waals surface area contributed by atoms with E-state index in [-0.39, 0.29) is 5.82 Å². The Morgan fingerprint density at radius 2 is 1.76 bits per heavy atom. The van der Waals surface area contributed by atoms with E-state index in [1.165, 1.54) is 18.2 Å². The fraction of sp³-hybridized carbons (Fsp3) is 0.190. The lowest BCUT2D eigenvalue weighted by atomic mass is 10.2. The maximum Gasteiger partial charge on any atom is 0.331 e. The molecule has 0 aliphatic heterocycles. The molecule has 0 aliphatic rings. The Balaban J connectivity index is 2.04. The summed E-state index contributed by atoms with van der Waals surface area (Å²) in [6.07, 6.45) is 3.14. The molecule has 4 heteroatoms. The van der Waals surface area contributed by atoms with E-state index >= 15 is 0 Å². The largest absolute Gasteiger partial charge is 0.457 e. The molecule has 0 unspecified atom stereocenters. The van der Waals surface area contributed by atoms with Crippen molar-refractivity contribution >= 4 is 22.9 Å². The van der Waals surface area contributed by atoms with Crippen molar-refractivity contribution in [1.82, 2.24) is 4.57 Å². The Labute approximate surface area is 146 Å². The van der Waals surface area contributed by atoms with Gasteiger partial charge < -0.3 is 9.30 Å². The van der Waals surface area contributed by atoms with Gasteiger partial charge in [-0.15, -0.1) is 0 Å². The first-order valence-corrected chi connectivity index (χ1v) is 8.11. The molecule has 2 aromatic carbocycles. The number of carbonyl (C=O) groups excluding carboxylic acids is 1. The zero-order valence-corrected chi connectivity index (χ0v) is 14.5. The second-order valence-corrected chi connectivity index (χ2v) is 6.81. The molecule has 0 atom stereocenters. The second-order valence-electron chi connectivity index (χ2n) is 6.81. The van der Waals surface area contributed by atoms with Gasteiger partial charge in [0.15, 0.2) is 0 Å². The monoisotopic (exact) mass is 337 g/mol. The molecular weight excluding hydrogens is 317 g/mol. The molecule has 0 bridgehead atoms. The average Bonchev–Trinajstić information content (AvgIpc) is 2.90. The number of hydrogen-bond acceptors (Lipinski definition) is 2. The van der Waals surface area contributed by atoms with Crippen molar-refractivity contribution in [2.75, 3.05) is 0 Å². The SMILES string of the molecule is CC(C)(C)OC(=O)C=Cc1cc2ccccc2n1-c1ccc(F)cc1. The first kappa shape index (κ1) is 17.0. The summed E-state index contributed by atoms with van der Waals surface area (Å²) in [4.78, 5) is 12.0. The molecule has 0 spiro atoms. The van der Waals surface area contributed by atoms with Gasteiger partial charge in [0, 0.05) is 22.8 Å². The molecule has 0 fully saturated rings. The topological polar surface area (TPSA) is 31.2 Å². The average molecular weight is 337 g/mol. The highest BCUT2D eigenvalue weighted by molar-refractivity contribution is 5.90. The highest BCUT2D eigenvalue weighted by Gasteiger charge is 2.14. The highest BCUT2D eigenvalue weighted by atomic mass is 19.1. The summed E-state index contributed by atoms with van der Waals surface area (Å²) in [5.74, 6) is -0.686. The summed E-state index contributed by atoms with van der Waals surface area (Å²) in [6, 6.07) is 16.2. The lowest BCUT2D eigenvalue weighted by Crippen LogP contribution is -2.22. The lowest BCUT2D eigenvalue weighted by molar-refractivity contribution is -0.148. The minimum atomic E-state index is -0.537. The van der Waals surface area contributed by atoms with Crippen LogP contribution in [0.15, 0.2) is 60.7 Å². The molecule has 128 valence electrons. The van der Waals surface area contributed by atoms with Crippen LogP contribution < -0.4 is 0 Å². The summed E-state index contributed by atoms with van der Waals surface area (Å²) in [5.41, 5.74) is 2.09. The number of halogens is 1. The molecule has 1 aromatic heterocycles. The molecule has 0 saturated carbocycles. The first-order valence-electron chi connectivity index (χ1n) is 8.11. The van der Waals surface area contributed by atoms with Gasteiger partial charge in [-0.2, -0.15) is 0 Å². The lowest BCUT2D eigenvalue weighted by Gasteiger charge is -2.18. The minimum absolute atomic E-state index is 0.286. The Morgan fingerprint density at radius 1 is 1.08 bits per heavy atom. The molecule has 3 aromatic rings. The number of fused-ring (bicyclic) bond motifs is 1. The maximum atomic E-state index is 13.3. The Bertz CT molecular complexity index is 931. The quantitative estimate of drug-likeness (QED) is 0.490. The van der Waals surface area contributed by atoms with Crippen LogP contribution in [0.25, 0.3) is 22.7 Å². The van der Waals surface area contributed by atoms with E-state index in [2.05, 4.69) is 0 Å². The summed E-state index contributed by atoms with van der Waals surface area (Å²) in [7, 11) is 0. The van der Waals surface area contributed by atoms with Crippen LogP contribution in [0.5, 0.6) is 0 Å². The molecule has 0 radical (unpaired) electrons. The van der Waals surface area contributed by atoms with Crippen LogP contribution in [0.4, 0.5) is 4.39 Å². The van der Waals surface area contributed by atoms with E-state index in [9.17, 15) is 9.18 Å². The van der Waals surface area contributed by atoms with Gasteiger partial charge in [-0.1, -0.05) is 18.2 Å². The van der Waals surface area contributed by atoms with Crippen LogP contribution >= 0.6 is 0 Å². The van der Waals surface area contributed by atoms with Gasteiger partial charge >= 0.3 is 5.97 Å². The Morgan fingerprint density at radius 3 is 2.44 bits per heavy atom. The van der Waals surface area contributed by atoms with Gasteiger partial charge in [-0.25, -0.2) is 9.18 Å². The number of para-hydroxylation sites is 1. The number of rotatable bonds is 3. The molecule has 0 aliphatic carbocycles. The summed E-state index contributed by atoms with van der Waals surface area (Å²) in [6.45, 7) is 5.48. The third-order valence-corrected chi connectivity index (χ3v) is 3.62. The maximum absolute atomic E-state index is 13.3. The van der Waals surface area contributed by atoms with Crippen molar-refractivity contribution in [2.45, 2.75) is 26.4 Å².